The van der Waals surface area contributed by atoms with Crippen molar-refractivity contribution in [1.82, 2.24) is 0 Å². The van der Waals surface area contributed by atoms with Crippen molar-refractivity contribution < 1.29 is 23.9 Å². The Morgan fingerprint density at radius 3 is 2.23 bits per heavy atom. The van der Waals surface area contributed by atoms with Gasteiger partial charge in [-0.1, -0.05) is 0 Å². The second-order valence-electron chi connectivity index (χ2n) is 3.43. The van der Waals surface area contributed by atoms with E-state index in [-0.39, 0.29) is 6.61 Å². The molecule has 0 aromatic heterocycles. The van der Waals surface area contributed by atoms with Crippen LogP contribution in [0, 0.1) is 5.41 Å². The highest BCUT2D eigenvalue weighted by molar-refractivity contribution is 7.51. The lowest BCUT2D eigenvalue weighted by Crippen LogP contribution is -2.30. The van der Waals surface area contributed by atoms with Crippen LogP contribution in [0.15, 0.2) is 0 Å². The molecule has 2 N–H and O–H groups in total. The van der Waals surface area contributed by atoms with Gasteiger partial charge in [-0.25, -0.2) is 0 Å². The van der Waals surface area contributed by atoms with Gasteiger partial charge in [0.2, 0.25) is 0 Å². The molecule has 0 saturated carbocycles. The number of ether oxygens (including phenoxy) is 1. The molecule has 13 heavy (non-hydrogen) atoms. The highest BCUT2D eigenvalue weighted by Crippen LogP contribution is 2.41. The summed E-state index contributed by atoms with van der Waals surface area (Å²) in [5.41, 5.74) is -1.13. The molecule has 0 bridgehead atoms. The quantitative estimate of drug-likeness (QED) is 0.528. The zero-order chi connectivity index (χ0) is 10.7. The molecule has 0 aromatic rings. The molecule has 0 aliphatic rings. The highest BCUT2D eigenvalue weighted by Gasteiger charge is 2.36. The molecule has 6 heteroatoms. The van der Waals surface area contributed by atoms with Crippen molar-refractivity contribution in [3.05, 3.63) is 0 Å². The predicted molar refractivity (Wildman–Crippen MR) is 47.3 cm³/mol. The van der Waals surface area contributed by atoms with Crippen molar-refractivity contribution in [3.63, 3.8) is 0 Å². The predicted octanol–water partition coefficient (Wildman–Crippen LogP) is 0.753. The van der Waals surface area contributed by atoms with E-state index in [1.165, 1.54) is 13.8 Å². The Morgan fingerprint density at radius 2 is 1.92 bits per heavy atom. The lowest BCUT2D eigenvalue weighted by molar-refractivity contribution is -0.152. The minimum absolute atomic E-state index is 0.212. The summed E-state index contributed by atoms with van der Waals surface area (Å²) in [5.74, 6) is -0.585. The van der Waals surface area contributed by atoms with Gasteiger partial charge in [0.15, 0.2) is 0 Å². The van der Waals surface area contributed by atoms with Crippen molar-refractivity contribution in [2.75, 3.05) is 12.8 Å². The molecule has 0 spiro atoms. The van der Waals surface area contributed by atoms with Gasteiger partial charge in [-0.3, -0.25) is 9.36 Å². The first-order valence-corrected chi connectivity index (χ1v) is 5.70. The van der Waals surface area contributed by atoms with Gasteiger partial charge < -0.3 is 14.5 Å². The van der Waals surface area contributed by atoms with E-state index >= 15 is 0 Å². The van der Waals surface area contributed by atoms with Crippen LogP contribution >= 0.6 is 7.60 Å². The molecule has 0 atom stereocenters. The van der Waals surface area contributed by atoms with Crippen LogP contribution in [-0.2, 0) is 14.1 Å². The van der Waals surface area contributed by atoms with E-state index in [0.29, 0.717) is 0 Å². The van der Waals surface area contributed by atoms with Crippen molar-refractivity contribution >= 4 is 13.6 Å². The van der Waals surface area contributed by atoms with Crippen molar-refractivity contribution in [2.24, 2.45) is 5.41 Å². The lowest BCUT2D eigenvalue weighted by Gasteiger charge is -2.22. The fourth-order valence-electron chi connectivity index (χ4n) is 0.906. The molecule has 0 rings (SSSR count). The first-order chi connectivity index (χ1) is 5.69. The fraction of sp³-hybridized carbons (Fsp3) is 0.857. The van der Waals surface area contributed by atoms with Crippen molar-refractivity contribution in [2.45, 2.75) is 20.8 Å². The average Bonchev–Trinajstić information content (AvgIpc) is 1.82. The normalized spacial score (nSPS) is 12.7. The maximum absolute atomic E-state index is 11.2. The topological polar surface area (TPSA) is 83.8 Å². The van der Waals surface area contributed by atoms with Crippen LogP contribution in [0.2, 0.25) is 0 Å². The van der Waals surface area contributed by atoms with E-state index in [4.69, 9.17) is 9.79 Å². The third kappa shape index (κ3) is 5.03. The lowest BCUT2D eigenvalue weighted by atomic mass is 9.97. The molecule has 5 nitrogen and oxygen atoms in total. The second-order valence-corrected chi connectivity index (χ2v) is 5.07. The van der Waals surface area contributed by atoms with Crippen molar-refractivity contribution in [1.29, 1.82) is 0 Å². The van der Waals surface area contributed by atoms with E-state index in [9.17, 15) is 9.36 Å². The molecule has 0 aromatic carbocycles. The van der Waals surface area contributed by atoms with Crippen LogP contribution in [0.5, 0.6) is 0 Å². The smallest absolute Gasteiger partial charge is 0.326 e. The first kappa shape index (κ1) is 12.6. The van der Waals surface area contributed by atoms with Crippen LogP contribution in [-0.4, -0.2) is 28.5 Å². The fourth-order valence-corrected chi connectivity index (χ4v) is 2.06. The molecule has 0 radical (unpaired) electrons. The summed E-state index contributed by atoms with van der Waals surface area (Å²) in [5, 5.41) is 0. The Bertz CT molecular complexity index is 229. The Morgan fingerprint density at radius 1 is 1.46 bits per heavy atom. The van der Waals surface area contributed by atoms with Gasteiger partial charge in [0.1, 0.15) is 0 Å². The summed E-state index contributed by atoms with van der Waals surface area (Å²) in [7, 11) is -4.17. The van der Waals surface area contributed by atoms with Crippen LogP contribution < -0.4 is 0 Å². The molecule has 0 heterocycles. The summed E-state index contributed by atoms with van der Waals surface area (Å²) >= 11 is 0. The highest BCUT2D eigenvalue weighted by atomic mass is 31.2. The Hall–Kier alpha value is -0.380. The van der Waals surface area contributed by atoms with Crippen LogP contribution in [0.4, 0.5) is 0 Å². The summed E-state index contributed by atoms with van der Waals surface area (Å²) in [6, 6.07) is 0. The summed E-state index contributed by atoms with van der Waals surface area (Å²) < 4.78 is 15.3. The van der Waals surface area contributed by atoms with Gasteiger partial charge in [0.25, 0.3) is 0 Å². The van der Waals surface area contributed by atoms with Crippen LogP contribution in [0.25, 0.3) is 0 Å². The first-order valence-electron chi connectivity index (χ1n) is 3.91. The third-order valence-corrected chi connectivity index (χ3v) is 2.63. The minimum atomic E-state index is -4.17. The summed E-state index contributed by atoms with van der Waals surface area (Å²) in [4.78, 5) is 28.5. The molecular formula is C7H15O5P. The average molecular weight is 210 g/mol. The van der Waals surface area contributed by atoms with E-state index < -0.39 is 25.1 Å². The third-order valence-electron chi connectivity index (χ3n) is 1.43. The van der Waals surface area contributed by atoms with Gasteiger partial charge in [-0.05, 0) is 20.8 Å². The molecule has 0 unspecified atom stereocenters. The zero-order valence-electron chi connectivity index (χ0n) is 7.98. The van der Waals surface area contributed by atoms with E-state index in [1.807, 2.05) is 0 Å². The van der Waals surface area contributed by atoms with Crippen LogP contribution in [0.3, 0.4) is 0 Å². The monoisotopic (exact) mass is 210 g/mol. The summed E-state index contributed by atoms with van der Waals surface area (Å²) in [6.45, 7) is 4.75. The zero-order valence-corrected chi connectivity index (χ0v) is 8.88. The van der Waals surface area contributed by atoms with E-state index in [0.717, 1.165) is 0 Å². The van der Waals surface area contributed by atoms with Gasteiger partial charge in [-0.2, -0.15) is 0 Å². The SMILES string of the molecule is CCOC(=O)C(C)(C)CP(=O)(O)O. The molecule has 0 saturated heterocycles. The van der Waals surface area contributed by atoms with E-state index in [2.05, 4.69) is 4.74 Å². The Labute approximate surface area is 77.3 Å². The second kappa shape index (κ2) is 4.22. The van der Waals surface area contributed by atoms with Crippen LogP contribution in [0.1, 0.15) is 20.8 Å². The maximum Gasteiger partial charge on any atom is 0.326 e. The standard InChI is InChI=1S/C7H15O5P/c1-4-12-6(8)7(2,3)5-13(9,10)11/h4-5H2,1-3H3,(H2,9,10,11). The minimum Gasteiger partial charge on any atom is -0.466 e. The Kier molecular flexibility index (Phi) is 4.10. The van der Waals surface area contributed by atoms with Gasteiger partial charge in [0.05, 0.1) is 18.2 Å². The largest absolute Gasteiger partial charge is 0.466 e. The number of rotatable bonds is 4. The van der Waals surface area contributed by atoms with Crippen molar-refractivity contribution in [3.8, 4) is 0 Å². The molecule has 0 aliphatic heterocycles. The van der Waals surface area contributed by atoms with Gasteiger partial charge in [0, 0.05) is 0 Å². The number of hydrogen-bond donors (Lipinski definition) is 2. The molecule has 0 fully saturated rings. The van der Waals surface area contributed by atoms with E-state index in [1.54, 1.807) is 6.92 Å². The molecular weight excluding hydrogens is 195 g/mol. The Balaban J connectivity index is 4.39. The maximum atomic E-state index is 11.2. The summed E-state index contributed by atoms with van der Waals surface area (Å²) in [6.07, 6.45) is -0.487. The molecule has 0 aliphatic carbocycles. The number of carbonyl (C=O) groups excluding carboxylic acids is 1. The molecule has 0 amide bonds. The van der Waals surface area contributed by atoms with Gasteiger partial charge in [-0.15, -0.1) is 0 Å². The number of esters is 1. The number of hydrogen-bond acceptors (Lipinski definition) is 3. The molecule has 78 valence electrons. The number of carbonyl (C=O) groups is 1. The van der Waals surface area contributed by atoms with Gasteiger partial charge >= 0.3 is 13.6 Å².